The molecule has 0 saturated carbocycles. The van der Waals surface area contributed by atoms with E-state index in [9.17, 15) is 19.2 Å². The normalized spacial score (nSPS) is 11.9. The number of carboxylic acid groups (broad SMARTS) is 1. The number of nitrogens with two attached hydrogens (primary N) is 1. The topological polar surface area (TPSA) is 146 Å². The van der Waals surface area contributed by atoms with E-state index in [4.69, 9.17) is 10.8 Å². The summed E-state index contributed by atoms with van der Waals surface area (Å²) in [5.41, 5.74) is 5.44. The highest BCUT2D eigenvalue weighted by Crippen LogP contribution is 2.22. The fourth-order valence-electron chi connectivity index (χ4n) is 2.36. The molecule has 2 rings (SSSR count). The van der Waals surface area contributed by atoms with E-state index in [1.165, 1.54) is 19.1 Å². The third-order valence-corrected chi connectivity index (χ3v) is 3.97. The summed E-state index contributed by atoms with van der Waals surface area (Å²) in [5.74, 6) is -2.33. The molecule has 9 nitrogen and oxygen atoms in total. The van der Waals surface area contributed by atoms with Gasteiger partial charge in [-0.3, -0.25) is 14.4 Å². The van der Waals surface area contributed by atoms with Crippen LogP contribution in [0.4, 0.5) is 5.69 Å². The van der Waals surface area contributed by atoms with E-state index in [0.717, 1.165) is 11.1 Å². The van der Waals surface area contributed by atoms with Gasteiger partial charge >= 0.3 is 5.97 Å². The number of aromatic nitrogens is 2. The number of anilines is 1. The van der Waals surface area contributed by atoms with Crippen LogP contribution < -0.4 is 16.2 Å². The summed E-state index contributed by atoms with van der Waals surface area (Å²) in [5, 5.41) is 8.87. The quantitative estimate of drug-likeness (QED) is 0.709. The number of nitrogens with zero attached hydrogens (tertiary/aromatic N) is 2. The number of hydrogen-bond donors (Lipinski definition) is 3. The molecule has 0 aliphatic carbocycles. The van der Waals surface area contributed by atoms with E-state index in [2.05, 4.69) is 9.97 Å². The van der Waals surface area contributed by atoms with Gasteiger partial charge in [0.05, 0.1) is 11.7 Å². The second kappa shape index (κ2) is 7.92. The van der Waals surface area contributed by atoms with Crippen LogP contribution in [0.3, 0.4) is 0 Å². The summed E-state index contributed by atoms with van der Waals surface area (Å²) in [7, 11) is 0. The summed E-state index contributed by atoms with van der Waals surface area (Å²) in [6.07, 6.45) is 0.970. The van der Waals surface area contributed by atoms with Crippen molar-refractivity contribution in [1.82, 2.24) is 9.97 Å². The molecule has 1 heterocycles. The minimum Gasteiger partial charge on any atom is -0.477 e. The molecule has 1 aromatic heterocycles. The molecule has 1 aromatic carbocycles. The van der Waals surface area contributed by atoms with Crippen LogP contribution in [0.1, 0.15) is 31.1 Å². The SMILES string of the molecule is CC(=O)N(C(=O)[C@H](N)C(C)C)c1ccc(-c2ncc(C(=O)O)c(=O)[nH]2)cc1. The summed E-state index contributed by atoms with van der Waals surface area (Å²) in [6.45, 7) is 4.84. The van der Waals surface area contributed by atoms with Gasteiger partial charge in [0, 0.05) is 18.7 Å². The van der Waals surface area contributed by atoms with Crippen LogP contribution in [0.15, 0.2) is 35.3 Å². The Hall–Kier alpha value is -3.33. The van der Waals surface area contributed by atoms with Crippen LogP contribution in [0.5, 0.6) is 0 Å². The molecule has 1 atom stereocenters. The van der Waals surface area contributed by atoms with Crippen molar-refractivity contribution in [2.75, 3.05) is 4.90 Å². The van der Waals surface area contributed by atoms with Gasteiger partial charge in [0.25, 0.3) is 11.5 Å². The monoisotopic (exact) mass is 372 g/mol. The Kier molecular flexibility index (Phi) is 5.86. The first-order valence-electron chi connectivity index (χ1n) is 8.16. The van der Waals surface area contributed by atoms with E-state index in [-0.39, 0.29) is 11.7 Å². The number of benzene rings is 1. The van der Waals surface area contributed by atoms with Gasteiger partial charge in [0.2, 0.25) is 5.91 Å². The highest BCUT2D eigenvalue weighted by atomic mass is 16.4. The maximum Gasteiger partial charge on any atom is 0.342 e. The van der Waals surface area contributed by atoms with Crippen LogP contribution in [0, 0.1) is 5.92 Å². The van der Waals surface area contributed by atoms with Gasteiger partial charge in [0.15, 0.2) is 0 Å². The fraction of sp³-hybridized carbons (Fsp3) is 0.278. The zero-order valence-corrected chi connectivity index (χ0v) is 15.1. The molecule has 0 bridgehead atoms. The van der Waals surface area contributed by atoms with Crippen molar-refractivity contribution in [2.24, 2.45) is 11.7 Å². The van der Waals surface area contributed by atoms with Crippen molar-refractivity contribution in [3.63, 3.8) is 0 Å². The molecule has 142 valence electrons. The molecule has 4 N–H and O–H groups in total. The predicted molar refractivity (Wildman–Crippen MR) is 98.2 cm³/mol. The number of nitrogens with one attached hydrogen (secondary N) is 1. The van der Waals surface area contributed by atoms with Gasteiger partial charge in [-0.15, -0.1) is 0 Å². The van der Waals surface area contributed by atoms with Crippen LogP contribution in [0.25, 0.3) is 11.4 Å². The van der Waals surface area contributed by atoms with Crippen molar-refractivity contribution in [3.05, 3.63) is 46.4 Å². The second-order valence-electron chi connectivity index (χ2n) is 6.29. The number of carbonyl (C=O) groups is 3. The number of H-pyrrole nitrogens is 1. The average molecular weight is 372 g/mol. The Labute approximate surface area is 154 Å². The Morgan fingerprint density at radius 2 is 1.78 bits per heavy atom. The summed E-state index contributed by atoms with van der Waals surface area (Å²) in [4.78, 5) is 54.4. The molecular weight excluding hydrogens is 352 g/mol. The lowest BCUT2D eigenvalue weighted by Crippen LogP contribution is -2.48. The van der Waals surface area contributed by atoms with Gasteiger partial charge < -0.3 is 15.8 Å². The number of hydrogen-bond acceptors (Lipinski definition) is 6. The molecular formula is C18H20N4O5. The number of aromatic carboxylic acids is 1. The van der Waals surface area contributed by atoms with Crippen LogP contribution in [-0.4, -0.2) is 38.9 Å². The first-order valence-corrected chi connectivity index (χ1v) is 8.16. The summed E-state index contributed by atoms with van der Waals surface area (Å²) in [6, 6.07) is 5.32. The number of carbonyl (C=O) groups excluding carboxylic acids is 2. The van der Waals surface area contributed by atoms with Crippen molar-refractivity contribution in [2.45, 2.75) is 26.8 Å². The highest BCUT2D eigenvalue weighted by molar-refractivity contribution is 6.15. The molecule has 0 aliphatic heterocycles. The average Bonchev–Trinajstić information content (AvgIpc) is 2.60. The molecule has 2 amide bonds. The Bertz CT molecular complexity index is 934. The largest absolute Gasteiger partial charge is 0.477 e. The van der Waals surface area contributed by atoms with Gasteiger partial charge in [0.1, 0.15) is 11.4 Å². The number of amides is 2. The smallest absolute Gasteiger partial charge is 0.342 e. The predicted octanol–water partition coefficient (Wildman–Crippen LogP) is 0.998. The maximum atomic E-state index is 12.5. The highest BCUT2D eigenvalue weighted by Gasteiger charge is 2.27. The number of imide groups is 1. The van der Waals surface area contributed by atoms with Gasteiger partial charge in [-0.1, -0.05) is 13.8 Å². The number of rotatable bonds is 5. The van der Waals surface area contributed by atoms with E-state index in [0.29, 0.717) is 11.3 Å². The zero-order valence-electron chi connectivity index (χ0n) is 15.1. The molecule has 0 fully saturated rings. The maximum absolute atomic E-state index is 12.5. The molecule has 2 aromatic rings. The van der Waals surface area contributed by atoms with E-state index in [1.54, 1.807) is 26.0 Å². The van der Waals surface area contributed by atoms with Gasteiger partial charge in [-0.25, -0.2) is 14.7 Å². The second-order valence-corrected chi connectivity index (χ2v) is 6.29. The van der Waals surface area contributed by atoms with E-state index in [1.807, 2.05) is 0 Å². The first kappa shape index (κ1) is 20.0. The summed E-state index contributed by atoms with van der Waals surface area (Å²) >= 11 is 0. The van der Waals surface area contributed by atoms with Crippen molar-refractivity contribution >= 4 is 23.5 Å². The molecule has 0 unspecified atom stereocenters. The van der Waals surface area contributed by atoms with E-state index < -0.39 is 34.9 Å². The Morgan fingerprint density at radius 3 is 2.22 bits per heavy atom. The molecule has 0 spiro atoms. The van der Waals surface area contributed by atoms with Crippen LogP contribution in [0.2, 0.25) is 0 Å². The zero-order chi connectivity index (χ0) is 20.3. The van der Waals surface area contributed by atoms with Crippen molar-refractivity contribution in [3.8, 4) is 11.4 Å². The van der Waals surface area contributed by atoms with Gasteiger partial charge in [-0.05, 0) is 30.2 Å². The lowest BCUT2D eigenvalue weighted by molar-refractivity contribution is -0.126. The van der Waals surface area contributed by atoms with Crippen molar-refractivity contribution < 1.29 is 19.5 Å². The molecule has 0 saturated heterocycles. The first-order chi connectivity index (χ1) is 12.6. The molecule has 0 radical (unpaired) electrons. The van der Waals surface area contributed by atoms with Crippen molar-refractivity contribution in [1.29, 1.82) is 0 Å². The lowest BCUT2D eigenvalue weighted by Gasteiger charge is -2.24. The number of aromatic amines is 1. The fourth-order valence-corrected chi connectivity index (χ4v) is 2.36. The molecule has 0 aliphatic rings. The van der Waals surface area contributed by atoms with Crippen LogP contribution in [-0.2, 0) is 9.59 Å². The Morgan fingerprint density at radius 1 is 1.19 bits per heavy atom. The standard InChI is InChI=1S/C18H20N4O5/c1-9(2)14(19)17(25)22(10(3)23)12-6-4-11(5-7-12)15-20-8-13(18(26)27)16(24)21-15/h4-9,14H,19H2,1-3H3,(H,26,27)(H,20,21,24)/t14-/m1/s1. The minimum atomic E-state index is -1.37. The Balaban J connectivity index is 2.36. The molecule has 27 heavy (non-hydrogen) atoms. The van der Waals surface area contributed by atoms with Gasteiger partial charge in [-0.2, -0.15) is 0 Å². The van der Waals surface area contributed by atoms with Crippen LogP contribution >= 0.6 is 0 Å². The third-order valence-electron chi connectivity index (χ3n) is 3.97. The number of carboxylic acids is 1. The van der Waals surface area contributed by atoms with E-state index >= 15 is 0 Å². The summed E-state index contributed by atoms with van der Waals surface area (Å²) < 4.78 is 0. The molecule has 9 heteroatoms. The third kappa shape index (κ3) is 4.26. The minimum absolute atomic E-state index is 0.138. The lowest BCUT2D eigenvalue weighted by atomic mass is 10.0.